The minimum Gasteiger partial charge on any atom is -0.328 e. The van der Waals surface area contributed by atoms with Gasteiger partial charge >= 0.3 is 0 Å². The molecular formula is C13H20N2O2S. The summed E-state index contributed by atoms with van der Waals surface area (Å²) in [4.78, 5) is 2.02. The summed E-state index contributed by atoms with van der Waals surface area (Å²) in [5, 5.41) is -0.536. The van der Waals surface area contributed by atoms with Crippen molar-refractivity contribution in [3.05, 3.63) is 35.9 Å². The van der Waals surface area contributed by atoms with Crippen molar-refractivity contribution in [3.8, 4) is 0 Å². The molecule has 5 heteroatoms. The molecule has 100 valence electrons. The Balaban J connectivity index is 2.27. The van der Waals surface area contributed by atoms with Crippen molar-refractivity contribution in [3.63, 3.8) is 0 Å². The Morgan fingerprint density at radius 2 is 1.78 bits per heavy atom. The molecule has 0 amide bonds. The van der Waals surface area contributed by atoms with Crippen molar-refractivity contribution in [2.75, 3.05) is 19.3 Å². The second kappa shape index (κ2) is 5.38. The predicted octanol–water partition coefficient (Wildman–Crippen LogP) is 1.15. The fraction of sp³-hybridized carbons (Fsp3) is 0.538. The van der Waals surface area contributed by atoms with E-state index in [-0.39, 0.29) is 6.04 Å². The third-order valence-electron chi connectivity index (χ3n) is 3.40. The van der Waals surface area contributed by atoms with Gasteiger partial charge in [0.25, 0.3) is 0 Å². The number of sulfone groups is 1. The van der Waals surface area contributed by atoms with E-state index >= 15 is 0 Å². The van der Waals surface area contributed by atoms with Crippen LogP contribution in [0.4, 0.5) is 0 Å². The van der Waals surface area contributed by atoms with Gasteiger partial charge < -0.3 is 5.73 Å². The molecule has 0 saturated carbocycles. The standard InChI is InChI=1S/C13H20N2O2S/c1-18(16,17)13(11-5-3-2-4-6-11)15-9-7-12(14)8-10-15/h2-6,12-13H,7-10,14H2,1H3. The minimum absolute atomic E-state index is 0.206. The van der Waals surface area contributed by atoms with Gasteiger partial charge in [0, 0.05) is 25.4 Å². The van der Waals surface area contributed by atoms with Crippen LogP contribution in [0.1, 0.15) is 23.8 Å². The summed E-state index contributed by atoms with van der Waals surface area (Å²) >= 11 is 0. The van der Waals surface area contributed by atoms with E-state index in [4.69, 9.17) is 5.73 Å². The maximum Gasteiger partial charge on any atom is 0.167 e. The average molecular weight is 268 g/mol. The van der Waals surface area contributed by atoms with E-state index in [9.17, 15) is 8.42 Å². The van der Waals surface area contributed by atoms with Crippen molar-refractivity contribution in [2.24, 2.45) is 5.73 Å². The second-order valence-corrected chi connectivity index (χ2v) is 7.07. The highest BCUT2D eigenvalue weighted by Crippen LogP contribution is 2.28. The Kier molecular flexibility index (Phi) is 4.04. The first-order valence-corrected chi connectivity index (χ1v) is 8.17. The van der Waals surface area contributed by atoms with Gasteiger partial charge in [-0.25, -0.2) is 8.42 Å². The van der Waals surface area contributed by atoms with Crippen LogP contribution in [-0.2, 0) is 9.84 Å². The Labute approximate surface area is 109 Å². The van der Waals surface area contributed by atoms with Crippen molar-refractivity contribution in [2.45, 2.75) is 24.3 Å². The van der Waals surface area contributed by atoms with Gasteiger partial charge in [-0.05, 0) is 18.4 Å². The van der Waals surface area contributed by atoms with Crippen molar-refractivity contribution in [1.29, 1.82) is 0 Å². The van der Waals surface area contributed by atoms with Gasteiger partial charge in [0.15, 0.2) is 9.84 Å². The van der Waals surface area contributed by atoms with Crippen molar-refractivity contribution >= 4 is 9.84 Å². The monoisotopic (exact) mass is 268 g/mol. The van der Waals surface area contributed by atoms with Crippen molar-refractivity contribution < 1.29 is 8.42 Å². The van der Waals surface area contributed by atoms with E-state index in [1.807, 2.05) is 35.2 Å². The highest BCUT2D eigenvalue weighted by atomic mass is 32.2. The van der Waals surface area contributed by atoms with Gasteiger partial charge in [0.1, 0.15) is 5.37 Å². The Bertz CT molecular complexity index is 479. The minimum atomic E-state index is -3.15. The van der Waals surface area contributed by atoms with Crippen LogP contribution in [0.3, 0.4) is 0 Å². The Morgan fingerprint density at radius 1 is 1.22 bits per heavy atom. The SMILES string of the molecule is CS(=O)(=O)C(c1ccccc1)N1CCC(N)CC1. The molecule has 1 heterocycles. The number of nitrogens with two attached hydrogens (primary N) is 1. The number of hydrogen-bond donors (Lipinski definition) is 1. The van der Waals surface area contributed by atoms with Gasteiger partial charge in [0.2, 0.25) is 0 Å². The molecule has 1 aromatic carbocycles. The maximum absolute atomic E-state index is 12.0. The molecule has 0 radical (unpaired) electrons. The first-order valence-electron chi connectivity index (χ1n) is 6.22. The van der Waals surface area contributed by atoms with Crippen molar-refractivity contribution in [1.82, 2.24) is 4.90 Å². The summed E-state index contributed by atoms with van der Waals surface area (Å²) in [5.41, 5.74) is 6.71. The van der Waals surface area contributed by atoms with Gasteiger partial charge in [-0.15, -0.1) is 0 Å². The number of piperidine rings is 1. The molecular weight excluding hydrogens is 248 g/mol. The summed E-state index contributed by atoms with van der Waals surface area (Å²) < 4.78 is 24.1. The van der Waals surface area contributed by atoms with Crippen LogP contribution < -0.4 is 5.73 Å². The zero-order valence-corrected chi connectivity index (χ0v) is 11.4. The lowest BCUT2D eigenvalue weighted by atomic mass is 10.1. The number of rotatable bonds is 3. The summed E-state index contributed by atoms with van der Waals surface area (Å²) in [6.45, 7) is 1.49. The van der Waals surface area contributed by atoms with Crippen LogP contribution in [0, 0.1) is 0 Å². The molecule has 1 aromatic rings. The summed E-state index contributed by atoms with van der Waals surface area (Å²) in [6, 6.07) is 9.61. The summed E-state index contributed by atoms with van der Waals surface area (Å²) in [5.74, 6) is 0. The number of nitrogens with zero attached hydrogens (tertiary/aromatic N) is 1. The molecule has 1 fully saturated rings. The van der Waals surface area contributed by atoms with E-state index < -0.39 is 15.2 Å². The molecule has 1 atom stereocenters. The smallest absolute Gasteiger partial charge is 0.167 e. The molecule has 1 saturated heterocycles. The molecule has 1 unspecified atom stereocenters. The van der Waals surface area contributed by atoms with Crippen LogP contribution in [0.5, 0.6) is 0 Å². The fourth-order valence-corrected chi connectivity index (χ4v) is 3.90. The van der Waals surface area contributed by atoms with E-state index in [0.717, 1.165) is 31.5 Å². The third kappa shape index (κ3) is 3.10. The maximum atomic E-state index is 12.0. The molecule has 2 rings (SSSR count). The molecule has 4 nitrogen and oxygen atoms in total. The lowest BCUT2D eigenvalue weighted by molar-refractivity contribution is 0.194. The lowest BCUT2D eigenvalue weighted by Gasteiger charge is -2.35. The highest BCUT2D eigenvalue weighted by Gasteiger charge is 2.31. The van der Waals surface area contributed by atoms with Crippen LogP contribution in [0.25, 0.3) is 0 Å². The van der Waals surface area contributed by atoms with Gasteiger partial charge in [0.05, 0.1) is 0 Å². The Hall–Kier alpha value is -0.910. The van der Waals surface area contributed by atoms with E-state index in [1.54, 1.807) is 0 Å². The van der Waals surface area contributed by atoms with E-state index in [2.05, 4.69) is 0 Å². The van der Waals surface area contributed by atoms with Gasteiger partial charge in [-0.1, -0.05) is 30.3 Å². The first-order chi connectivity index (χ1) is 8.48. The van der Waals surface area contributed by atoms with Gasteiger partial charge in [-0.2, -0.15) is 0 Å². The number of likely N-dealkylation sites (tertiary alicyclic amines) is 1. The molecule has 0 bridgehead atoms. The van der Waals surface area contributed by atoms with Gasteiger partial charge in [-0.3, -0.25) is 4.90 Å². The first kappa shape index (κ1) is 13.5. The molecule has 0 aromatic heterocycles. The lowest BCUT2D eigenvalue weighted by Crippen LogP contribution is -2.43. The fourth-order valence-electron chi connectivity index (χ4n) is 2.50. The summed E-state index contributed by atoms with van der Waals surface area (Å²) in [7, 11) is -3.15. The predicted molar refractivity (Wildman–Crippen MR) is 72.8 cm³/mol. The molecule has 18 heavy (non-hydrogen) atoms. The zero-order valence-electron chi connectivity index (χ0n) is 10.6. The normalized spacial score (nSPS) is 20.8. The zero-order chi connectivity index (χ0) is 13.2. The largest absolute Gasteiger partial charge is 0.328 e. The molecule has 1 aliphatic rings. The molecule has 0 spiro atoms. The summed E-state index contributed by atoms with van der Waals surface area (Å²) in [6.07, 6.45) is 3.02. The topological polar surface area (TPSA) is 63.4 Å². The molecule has 1 aliphatic heterocycles. The molecule has 0 aliphatic carbocycles. The second-order valence-electron chi connectivity index (χ2n) is 4.97. The van der Waals surface area contributed by atoms with Crippen LogP contribution >= 0.6 is 0 Å². The highest BCUT2D eigenvalue weighted by molar-refractivity contribution is 7.90. The Morgan fingerprint density at radius 3 is 2.28 bits per heavy atom. The molecule has 2 N–H and O–H groups in total. The number of hydrogen-bond acceptors (Lipinski definition) is 4. The average Bonchev–Trinajstić information content (AvgIpc) is 2.32. The third-order valence-corrected chi connectivity index (χ3v) is 4.78. The van der Waals surface area contributed by atoms with Crippen LogP contribution in [0.2, 0.25) is 0 Å². The van der Waals surface area contributed by atoms with E-state index in [1.165, 1.54) is 6.26 Å². The van der Waals surface area contributed by atoms with Crippen LogP contribution in [-0.4, -0.2) is 38.7 Å². The van der Waals surface area contributed by atoms with E-state index in [0.29, 0.717) is 0 Å². The quantitative estimate of drug-likeness (QED) is 0.893. The number of benzene rings is 1. The van der Waals surface area contributed by atoms with Crippen LogP contribution in [0.15, 0.2) is 30.3 Å².